The Morgan fingerprint density at radius 2 is 2.16 bits per heavy atom. The van der Waals surface area contributed by atoms with Crippen LogP contribution in [0.2, 0.25) is 5.15 Å². The third-order valence-corrected chi connectivity index (χ3v) is 7.00. The first-order chi connectivity index (χ1) is 11.7. The van der Waals surface area contributed by atoms with Crippen molar-refractivity contribution in [2.75, 3.05) is 25.0 Å². The van der Waals surface area contributed by atoms with E-state index in [9.17, 15) is 8.42 Å². The van der Waals surface area contributed by atoms with Crippen LogP contribution in [0.4, 0.5) is 5.82 Å². The average molecular weight is 385 g/mol. The van der Waals surface area contributed by atoms with Crippen LogP contribution in [0.3, 0.4) is 0 Å². The van der Waals surface area contributed by atoms with Crippen LogP contribution in [0.25, 0.3) is 5.52 Å². The first-order valence-electron chi connectivity index (χ1n) is 8.20. The molecule has 8 nitrogen and oxygen atoms in total. The van der Waals surface area contributed by atoms with Crippen LogP contribution < -0.4 is 10.0 Å². The smallest absolute Gasteiger partial charge is 0.276 e. The van der Waals surface area contributed by atoms with Crippen LogP contribution >= 0.6 is 11.6 Å². The van der Waals surface area contributed by atoms with E-state index < -0.39 is 10.2 Å². The van der Waals surface area contributed by atoms with Gasteiger partial charge in [0.15, 0.2) is 5.82 Å². The molecule has 2 aromatic rings. The van der Waals surface area contributed by atoms with Gasteiger partial charge in [-0.05, 0) is 37.8 Å². The fourth-order valence-corrected chi connectivity index (χ4v) is 5.17. The Kier molecular flexibility index (Phi) is 3.77. The molecule has 2 N–H and O–H groups in total. The van der Waals surface area contributed by atoms with E-state index in [1.807, 2.05) is 13.0 Å². The van der Waals surface area contributed by atoms with Crippen molar-refractivity contribution in [2.45, 2.75) is 32.2 Å². The number of rotatable bonds is 3. The molecule has 0 radical (unpaired) electrons. The summed E-state index contributed by atoms with van der Waals surface area (Å²) in [5.74, 6) is 0.883. The summed E-state index contributed by atoms with van der Waals surface area (Å²) in [5, 5.41) is 10.0. The molecule has 1 atom stereocenters. The van der Waals surface area contributed by atoms with Crippen molar-refractivity contribution in [1.29, 1.82) is 0 Å². The molecule has 1 saturated carbocycles. The number of anilines is 1. The lowest BCUT2D eigenvalue weighted by Gasteiger charge is -2.49. The van der Waals surface area contributed by atoms with E-state index in [2.05, 4.69) is 15.0 Å². The summed E-state index contributed by atoms with van der Waals surface area (Å²) in [7, 11) is -2.07. The molecule has 0 aromatic carbocycles. The van der Waals surface area contributed by atoms with E-state index in [1.165, 1.54) is 10.6 Å². The number of halogens is 1. The van der Waals surface area contributed by atoms with Gasteiger partial charge in [-0.25, -0.2) is 14.6 Å². The number of nitrogens with two attached hydrogens (primary N) is 1. The predicted molar refractivity (Wildman–Crippen MR) is 95.9 cm³/mol. The molecule has 4 rings (SSSR count). The number of aryl methyl sites for hydroxylation is 1. The number of hydrogen-bond acceptors (Lipinski definition) is 5. The van der Waals surface area contributed by atoms with E-state index >= 15 is 0 Å². The molecule has 25 heavy (non-hydrogen) atoms. The molecule has 1 aliphatic heterocycles. The number of nitrogens with zero attached hydrogens (tertiary/aromatic N) is 5. The molecular weight excluding hydrogens is 364 g/mol. The summed E-state index contributed by atoms with van der Waals surface area (Å²) in [6, 6.07) is 1.86. The summed E-state index contributed by atoms with van der Waals surface area (Å²) in [6.07, 6.45) is 4.19. The van der Waals surface area contributed by atoms with Crippen LogP contribution in [0, 0.1) is 12.3 Å². The van der Waals surface area contributed by atoms with E-state index in [0.29, 0.717) is 5.15 Å². The largest absolute Gasteiger partial charge is 0.354 e. The van der Waals surface area contributed by atoms with Gasteiger partial charge in [0.1, 0.15) is 17.0 Å². The highest BCUT2D eigenvalue weighted by Crippen LogP contribution is 2.48. The third-order valence-electron chi connectivity index (χ3n) is 5.63. The Morgan fingerprint density at radius 3 is 2.84 bits per heavy atom. The Morgan fingerprint density at radius 1 is 1.44 bits per heavy atom. The minimum atomic E-state index is -3.64. The van der Waals surface area contributed by atoms with Gasteiger partial charge in [-0.1, -0.05) is 11.6 Å². The molecule has 0 bridgehead atoms. The normalized spacial score (nSPS) is 22.9. The van der Waals surface area contributed by atoms with E-state index in [-0.39, 0.29) is 11.5 Å². The Balaban J connectivity index is 1.54. The van der Waals surface area contributed by atoms with Crippen molar-refractivity contribution in [3.63, 3.8) is 0 Å². The summed E-state index contributed by atoms with van der Waals surface area (Å²) in [5.41, 5.74) is 2.11. The van der Waals surface area contributed by atoms with Crippen LogP contribution in [0.15, 0.2) is 12.4 Å². The molecule has 1 aliphatic carbocycles. The molecule has 2 aromatic heterocycles. The Labute approximate surface area is 151 Å². The molecular formula is C15H21ClN6O2S. The maximum absolute atomic E-state index is 11.6. The molecule has 0 amide bonds. The van der Waals surface area contributed by atoms with E-state index in [0.717, 1.165) is 49.2 Å². The fraction of sp³-hybridized carbons (Fsp3) is 0.600. The molecule has 1 unspecified atom stereocenters. The second-order valence-corrected chi connectivity index (χ2v) is 9.30. The van der Waals surface area contributed by atoms with Gasteiger partial charge >= 0.3 is 0 Å². The highest BCUT2D eigenvalue weighted by atomic mass is 35.5. The monoisotopic (exact) mass is 384 g/mol. The van der Waals surface area contributed by atoms with E-state index in [4.69, 9.17) is 16.7 Å². The minimum Gasteiger partial charge on any atom is -0.354 e. The lowest BCUT2D eigenvalue weighted by atomic mass is 9.78. The zero-order valence-electron chi connectivity index (χ0n) is 14.2. The summed E-state index contributed by atoms with van der Waals surface area (Å²) >= 11 is 6.21. The quantitative estimate of drug-likeness (QED) is 0.857. The molecule has 10 heteroatoms. The van der Waals surface area contributed by atoms with Gasteiger partial charge in [0, 0.05) is 31.6 Å². The van der Waals surface area contributed by atoms with Gasteiger partial charge in [0.25, 0.3) is 10.2 Å². The predicted octanol–water partition coefficient (Wildman–Crippen LogP) is 1.19. The maximum atomic E-state index is 11.6. The molecule has 1 spiro atoms. The highest BCUT2D eigenvalue weighted by Gasteiger charge is 2.50. The van der Waals surface area contributed by atoms with Gasteiger partial charge in [-0.15, -0.1) is 0 Å². The van der Waals surface area contributed by atoms with Crippen molar-refractivity contribution in [1.82, 2.24) is 18.9 Å². The molecule has 2 aliphatic rings. The lowest BCUT2D eigenvalue weighted by Crippen LogP contribution is -2.56. The standard InChI is InChI=1S/C15H21ClN6O2S/c1-10-5-12(16)22-13(10)14(18-9-19-22)21-7-15(8-21)4-3-11(6-15)20(2)25(17,23)24/h5,9,11H,3-4,6-8H2,1-2H3,(H2,17,23,24). The van der Waals surface area contributed by atoms with Crippen LogP contribution in [-0.2, 0) is 10.2 Å². The number of fused-ring (bicyclic) bond motifs is 1. The zero-order valence-corrected chi connectivity index (χ0v) is 15.8. The zero-order chi connectivity index (χ0) is 18.0. The van der Waals surface area contributed by atoms with Crippen LogP contribution in [0.1, 0.15) is 24.8 Å². The first-order valence-corrected chi connectivity index (χ1v) is 10.1. The molecule has 136 valence electrons. The average Bonchev–Trinajstić information content (AvgIpc) is 3.07. The maximum Gasteiger partial charge on any atom is 0.276 e. The molecule has 2 fully saturated rings. The lowest BCUT2D eigenvalue weighted by molar-refractivity contribution is 0.206. The Bertz CT molecular complexity index is 937. The fourth-order valence-electron chi connectivity index (χ4n) is 4.29. The van der Waals surface area contributed by atoms with Crippen molar-refractivity contribution in [2.24, 2.45) is 10.6 Å². The van der Waals surface area contributed by atoms with Crippen molar-refractivity contribution in [3.05, 3.63) is 23.1 Å². The highest BCUT2D eigenvalue weighted by molar-refractivity contribution is 7.86. The van der Waals surface area contributed by atoms with Crippen molar-refractivity contribution < 1.29 is 8.42 Å². The van der Waals surface area contributed by atoms with Gasteiger partial charge < -0.3 is 4.90 Å². The van der Waals surface area contributed by atoms with Gasteiger partial charge in [0.2, 0.25) is 0 Å². The third kappa shape index (κ3) is 2.69. The second-order valence-electron chi connectivity index (χ2n) is 7.31. The second kappa shape index (κ2) is 5.54. The number of hydrogen-bond donors (Lipinski definition) is 1. The van der Waals surface area contributed by atoms with Crippen molar-refractivity contribution >= 4 is 33.1 Å². The Hall–Kier alpha value is -1.42. The SMILES string of the molecule is Cc1cc(Cl)n2ncnc(N3CC4(CCC(N(C)S(N)(=O)=O)C4)C3)c12. The number of aromatic nitrogens is 3. The summed E-state index contributed by atoms with van der Waals surface area (Å²) in [4.78, 5) is 6.68. The topological polar surface area (TPSA) is 96.8 Å². The van der Waals surface area contributed by atoms with Crippen molar-refractivity contribution in [3.8, 4) is 0 Å². The minimum absolute atomic E-state index is 0.0213. The van der Waals surface area contributed by atoms with Gasteiger partial charge in [-0.2, -0.15) is 17.8 Å². The van der Waals surface area contributed by atoms with Gasteiger partial charge in [-0.3, -0.25) is 0 Å². The van der Waals surface area contributed by atoms with E-state index in [1.54, 1.807) is 11.6 Å². The molecule has 3 heterocycles. The van der Waals surface area contributed by atoms with Gasteiger partial charge in [0.05, 0.1) is 0 Å². The molecule has 1 saturated heterocycles. The summed E-state index contributed by atoms with van der Waals surface area (Å²) < 4.78 is 26.2. The first kappa shape index (κ1) is 17.0. The van der Waals surface area contributed by atoms with Crippen LogP contribution in [0.5, 0.6) is 0 Å². The summed E-state index contributed by atoms with van der Waals surface area (Å²) in [6.45, 7) is 3.71. The van der Waals surface area contributed by atoms with Crippen LogP contribution in [-0.4, -0.2) is 53.5 Å².